The van der Waals surface area contributed by atoms with Crippen LogP contribution in [0.2, 0.25) is 0 Å². The highest BCUT2D eigenvalue weighted by molar-refractivity contribution is 5.75. The number of pyridine rings is 1. The zero-order valence-corrected chi connectivity index (χ0v) is 10.4. The van der Waals surface area contributed by atoms with Gasteiger partial charge in [0.2, 0.25) is 0 Å². The molecule has 0 spiro atoms. The van der Waals surface area contributed by atoms with Gasteiger partial charge in [-0.1, -0.05) is 0 Å². The van der Waals surface area contributed by atoms with E-state index < -0.39 is 0 Å². The molecule has 1 aliphatic carbocycles. The van der Waals surface area contributed by atoms with Crippen molar-refractivity contribution in [3.8, 4) is 0 Å². The number of hydrogen-bond donors (Lipinski definition) is 1. The maximum Gasteiger partial charge on any atom is 0.132 e. The summed E-state index contributed by atoms with van der Waals surface area (Å²) in [7, 11) is 0. The van der Waals surface area contributed by atoms with Gasteiger partial charge in [0.05, 0.1) is 30.1 Å². The van der Waals surface area contributed by atoms with Gasteiger partial charge in [-0.25, -0.2) is 4.98 Å². The molecule has 2 N–H and O–H groups in total. The number of anilines is 1. The van der Waals surface area contributed by atoms with Crippen molar-refractivity contribution in [3.63, 3.8) is 0 Å². The zero-order valence-electron chi connectivity index (χ0n) is 10.4. The first-order chi connectivity index (χ1) is 9.31. The van der Waals surface area contributed by atoms with Crippen molar-refractivity contribution in [1.29, 1.82) is 0 Å². The summed E-state index contributed by atoms with van der Waals surface area (Å²) in [6.45, 7) is 0.641. The monoisotopic (exact) mass is 254 g/mol. The van der Waals surface area contributed by atoms with Crippen LogP contribution in [0.5, 0.6) is 0 Å². The van der Waals surface area contributed by atoms with E-state index in [0.717, 1.165) is 16.9 Å². The summed E-state index contributed by atoms with van der Waals surface area (Å²) < 4.78 is 4.14. The lowest BCUT2D eigenvalue weighted by molar-refractivity contribution is 0.608. The normalized spacial score (nSPS) is 15.2. The molecule has 1 aliphatic rings. The van der Waals surface area contributed by atoms with E-state index in [1.54, 1.807) is 6.20 Å². The molecule has 4 rings (SSSR count). The highest BCUT2D eigenvalue weighted by Crippen LogP contribution is 2.38. The molecule has 0 aliphatic heterocycles. The number of nitrogens with two attached hydrogens (primary N) is 1. The summed E-state index contributed by atoms with van der Waals surface area (Å²) in [5.74, 6) is 1.02. The van der Waals surface area contributed by atoms with Crippen LogP contribution in [0.3, 0.4) is 0 Å². The lowest BCUT2D eigenvalue weighted by Gasteiger charge is -2.07. The number of fused-ring (bicyclic) bond motifs is 1. The van der Waals surface area contributed by atoms with Gasteiger partial charge in [-0.3, -0.25) is 9.67 Å². The van der Waals surface area contributed by atoms with E-state index in [0.29, 0.717) is 18.3 Å². The Bertz CT molecular complexity index is 737. The van der Waals surface area contributed by atoms with Crippen molar-refractivity contribution in [1.82, 2.24) is 24.3 Å². The average molecular weight is 254 g/mol. The predicted molar refractivity (Wildman–Crippen MR) is 71.5 cm³/mol. The van der Waals surface area contributed by atoms with Crippen LogP contribution in [0.25, 0.3) is 11.0 Å². The first-order valence-corrected chi connectivity index (χ1v) is 6.40. The number of hydrogen-bond acceptors (Lipinski definition) is 4. The maximum absolute atomic E-state index is 5.70. The molecule has 1 saturated carbocycles. The fraction of sp³-hybridized carbons (Fsp3) is 0.308. The number of imidazole rings is 1. The standard InChI is InChI=1S/C13H14N6/c14-9-5-16-18(7-9)8-13-17-11-6-15-4-3-12(11)19(13)10-1-2-10/h3-7,10H,1-2,8,14H2. The summed E-state index contributed by atoms with van der Waals surface area (Å²) in [5.41, 5.74) is 8.48. The minimum Gasteiger partial charge on any atom is -0.396 e. The Labute approximate surface area is 109 Å². The Morgan fingerprint density at radius 2 is 2.21 bits per heavy atom. The van der Waals surface area contributed by atoms with Gasteiger partial charge in [0.15, 0.2) is 0 Å². The zero-order chi connectivity index (χ0) is 12.8. The van der Waals surface area contributed by atoms with E-state index in [4.69, 9.17) is 5.73 Å². The summed E-state index contributed by atoms with van der Waals surface area (Å²) in [5, 5.41) is 4.22. The van der Waals surface area contributed by atoms with Crippen molar-refractivity contribution in [2.75, 3.05) is 5.73 Å². The highest BCUT2D eigenvalue weighted by atomic mass is 15.3. The van der Waals surface area contributed by atoms with Crippen molar-refractivity contribution in [2.24, 2.45) is 0 Å². The smallest absolute Gasteiger partial charge is 0.132 e. The van der Waals surface area contributed by atoms with Crippen LogP contribution < -0.4 is 5.73 Å². The van der Waals surface area contributed by atoms with Gasteiger partial charge >= 0.3 is 0 Å². The Morgan fingerprint density at radius 1 is 1.32 bits per heavy atom. The molecule has 0 saturated heterocycles. The Balaban J connectivity index is 1.82. The second-order valence-electron chi connectivity index (χ2n) is 4.96. The minimum absolute atomic E-state index is 0.579. The van der Waals surface area contributed by atoms with E-state index in [9.17, 15) is 0 Å². The fourth-order valence-electron chi connectivity index (χ4n) is 2.46. The molecular weight excluding hydrogens is 240 g/mol. The molecule has 0 amide bonds. The van der Waals surface area contributed by atoms with Crippen LogP contribution >= 0.6 is 0 Å². The molecule has 3 aromatic heterocycles. The molecule has 3 aromatic rings. The molecule has 1 fully saturated rings. The Morgan fingerprint density at radius 3 is 2.95 bits per heavy atom. The SMILES string of the molecule is Nc1cnn(Cc2nc3cnccc3n2C2CC2)c1. The van der Waals surface area contributed by atoms with Gasteiger partial charge in [-0.2, -0.15) is 5.10 Å². The number of rotatable bonds is 3. The van der Waals surface area contributed by atoms with Gasteiger partial charge < -0.3 is 10.3 Å². The van der Waals surface area contributed by atoms with Crippen molar-refractivity contribution in [2.45, 2.75) is 25.4 Å². The van der Waals surface area contributed by atoms with Crippen LogP contribution in [-0.4, -0.2) is 24.3 Å². The van der Waals surface area contributed by atoms with Gasteiger partial charge in [0.25, 0.3) is 0 Å². The largest absolute Gasteiger partial charge is 0.396 e. The number of nitrogens with zero attached hydrogens (tertiary/aromatic N) is 5. The fourth-order valence-corrected chi connectivity index (χ4v) is 2.46. The molecule has 0 bridgehead atoms. The quantitative estimate of drug-likeness (QED) is 0.770. The van der Waals surface area contributed by atoms with Crippen molar-refractivity contribution >= 4 is 16.7 Å². The molecule has 0 unspecified atom stereocenters. The summed E-state index contributed by atoms with van der Waals surface area (Å²) >= 11 is 0. The number of aromatic nitrogens is 5. The first-order valence-electron chi connectivity index (χ1n) is 6.40. The van der Waals surface area contributed by atoms with Crippen LogP contribution in [0.15, 0.2) is 30.9 Å². The predicted octanol–water partition coefficient (Wildman–Crippen LogP) is 1.59. The average Bonchev–Trinajstić information content (AvgIpc) is 3.06. The van der Waals surface area contributed by atoms with Crippen LogP contribution in [0.4, 0.5) is 5.69 Å². The molecule has 3 heterocycles. The van der Waals surface area contributed by atoms with Crippen molar-refractivity contribution < 1.29 is 0 Å². The second-order valence-corrected chi connectivity index (χ2v) is 4.96. The third-order valence-corrected chi connectivity index (χ3v) is 3.43. The Kier molecular flexibility index (Phi) is 2.11. The second kappa shape index (κ2) is 3.81. The molecule has 19 heavy (non-hydrogen) atoms. The molecular formula is C13H14N6. The van der Waals surface area contributed by atoms with Crippen LogP contribution in [-0.2, 0) is 6.54 Å². The molecule has 6 heteroatoms. The molecule has 6 nitrogen and oxygen atoms in total. The lowest BCUT2D eigenvalue weighted by Crippen LogP contribution is -2.08. The van der Waals surface area contributed by atoms with Gasteiger partial charge in [0.1, 0.15) is 11.3 Å². The highest BCUT2D eigenvalue weighted by Gasteiger charge is 2.28. The van der Waals surface area contributed by atoms with Crippen LogP contribution in [0, 0.1) is 0 Å². The van der Waals surface area contributed by atoms with Gasteiger partial charge in [-0.05, 0) is 18.9 Å². The molecule has 0 atom stereocenters. The summed E-state index contributed by atoms with van der Waals surface area (Å²) in [4.78, 5) is 8.82. The van der Waals surface area contributed by atoms with Gasteiger partial charge in [-0.15, -0.1) is 0 Å². The third-order valence-electron chi connectivity index (χ3n) is 3.43. The van der Waals surface area contributed by atoms with E-state index in [1.807, 2.05) is 29.3 Å². The Hall–Kier alpha value is -2.37. The van der Waals surface area contributed by atoms with E-state index in [1.165, 1.54) is 12.8 Å². The summed E-state index contributed by atoms with van der Waals surface area (Å²) in [6.07, 6.45) is 9.57. The molecule has 0 aromatic carbocycles. The lowest BCUT2D eigenvalue weighted by atomic mass is 10.4. The van der Waals surface area contributed by atoms with E-state index in [-0.39, 0.29) is 0 Å². The molecule has 96 valence electrons. The number of nitrogen functional groups attached to an aromatic ring is 1. The van der Waals surface area contributed by atoms with Gasteiger partial charge in [0, 0.05) is 18.4 Å². The summed E-state index contributed by atoms with van der Waals surface area (Å²) in [6, 6.07) is 2.61. The molecule has 0 radical (unpaired) electrons. The van der Waals surface area contributed by atoms with E-state index in [2.05, 4.69) is 19.6 Å². The minimum atomic E-state index is 0.579. The first kappa shape index (κ1) is 10.5. The van der Waals surface area contributed by atoms with Crippen LogP contribution in [0.1, 0.15) is 24.7 Å². The van der Waals surface area contributed by atoms with Crippen molar-refractivity contribution in [3.05, 3.63) is 36.7 Å². The van der Waals surface area contributed by atoms with E-state index >= 15 is 0 Å². The third kappa shape index (κ3) is 1.76. The topological polar surface area (TPSA) is 74.6 Å². The maximum atomic E-state index is 5.70.